The van der Waals surface area contributed by atoms with E-state index in [-0.39, 0.29) is 11.2 Å². The van der Waals surface area contributed by atoms with Gasteiger partial charge < -0.3 is 29.9 Å². The van der Waals surface area contributed by atoms with Crippen molar-refractivity contribution in [2.75, 3.05) is 38.1 Å². The molecule has 0 spiro atoms. The van der Waals surface area contributed by atoms with Crippen molar-refractivity contribution in [3.63, 3.8) is 0 Å². The molecule has 0 saturated carbocycles. The maximum Gasteiger partial charge on any atom is 0.494 e. The normalized spacial score (nSPS) is 15.3. The Hall–Kier alpha value is -2.74. The molecule has 5 rings (SSSR count). The molecule has 46 heavy (non-hydrogen) atoms. The minimum Gasteiger partial charge on any atom is -0.399 e. The molecule has 1 saturated heterocycles. The second kappa shape index (κ2) is 14.6. The second-order valence-electron chi connectivity index (χ2n) is 13.2. The molecule has 4 aromatic rings. The van der Waals surface area contributed by atoms with Crippen molar-refractivity contribution >= 4 is 64.8 Å². The Bertz CT molecular complexity index is 1720. The van der Waals surface area contributed by atoms with E-state index in [2.05, 4.69) is 25.9 Å². The van der Waals surface area contributed by atoms with Crippen molar-refractivity contribution in [3.8, 4) is 11.1 Å². The van der Waals surface area contributed by atoms with Gasteiger partial charge in [-0.15, -0.1) is 0 Å². The lowest BCUT2D eigenvalue weighted by atomic mass is 9.79. The molecule has 4 N–H and O–H groups in total. The van der Waals surface area contributed by atoms with Gasteiger partial charge in [0.25, 0.3) is 0 Å². The lowest BCUT2D eigenvalue weighted by Gasteiger charge is -2.32. The summed E-state index contributed by atoms with van der Waals surface area (Å²) in [7, 11) is -5.23. The first-order valence-corrected chi connectivity index (χ1v) is 20.9. The van der Waals surface area contributed by atoms with E-state index < -0.39 is 21.4 Å². The van der Waals surface area contributed by atoms with Crippen LogP contribution in [0.3, 0.4) is 0 Å². The van der Waals surface area contributed by atoms with Crippen molar-refractivity contribution in [2.45, 2.75) is 52.7 Å². The van der Waals surface area contributed by atoms with E-state index in [9.17, 15) is 9.13 Å². The van der Waals surface area contributed by atoms with Gasteiger partial charge in [-0.2, -0.15) is 0 Å². The fourth-order valence-corrected chi connectivity index (χ4v) is 6.97. The molecule has 0 aliphatic carbocycles. The van der Waals surface area contributed by atoms with Crippen molar-refractivity contribution in [1.82, 2.24) is 9.97 Å². The first-order valence-electron chi connectivity index (χ1n) is 14.9. The van der Waals surface area contributed by atoms with Crippen LogP contribution in [0.1, 0.15) is 39.1 Å². The molecule has 3 heterocycles. The number of hydrogen-bond donors (Lipinski definition) is 2. The molecule has 1 aliphatic heterocycles. The van der Waals surface area contributed by atoms with Crippen LogP contribution in [0.4, 0.5) is 11.4 Å². The Morgan fingerprint density at radius 1 is 0.674 bits per heavy atom. The maximum atomic E-state index is 12.3. The molecule has 2 aromatic heterocycles. The van der Waals surface area contributed by atoms with E-state index in [0.717, 1.165) is 37.8 Å². The van der Waals surface area contributed by atoms with Gasteiger partial charge in [-0.3, -0.25) is 9.97 Å². The van der Waals surface area contributed by atoms with Crippen molar-refractivity contribution < 1.29 is 18.4 Å². The van der Waals surface area contributed by atoms with Crippen LogP contribution < -0.4 is 27.5 Å². The van der Waals surface area contributed by atoms with Crippen molar-refractivity contribution in [3.05, 3.63) is 88.9 Å². The molecule has 246 valence electrons. The number of anilines is 2. The number of aromatic nitrogens is 2. The first-order chi connectivity index (χ1) is 21.1. The largest absolute Gasteiger partial charge is 0.494 e. The van der Waals surface area contributed by atoms with Crippen molar-refractivity contribution in [1.29, 1.82) is 0 Å². The topological polar surface area (TPSA) is 130 Å². The Kier molecular flexibility index (Phi) is 12.0. The van der Waals surface area contributed by atoms with E-state index in [1.165, 1.54) is 0 Å². The van der Waals surface area contributed by atoms with Crippen LogP contribution in [-0.4, -0.2) is 54.9 Å². The number of hydrogen-bond acceptors (Lipinski definition) is 8. The number of benzene rings is 2. The number of aryl methyl sites for hydroxylation is 2. The Labute approximate surface area is 283 Å². The van der Waals surface area contributed by atoms with Gasteiger partial charge in [0.2, 0.25) is 0 Å². The fourth-order valence-electron chi connectivity index (χ4n) is 4.43. The number of nitrogens with two attached hydrogens (primary N) is 2. The highest BCUT2D eigenvalue weighted by atomic mass is 79.9. The summed E-state index contributed by atoms with van der Waals surface area (Å²) in [6.07, 6.45) is 3.61. The molecule has 0 radical (unpaired) electrons. The molecule has 1 aliphatic rings. The Balaban J connectivity index is 0.000000204. The van der Waals surface area contributed by atoms with Gasteiger partial charge in [-0.05, 0) is 138 Å². The number of nitrogens with zero attached hydrogens (tertiary/aromatic N) is 2. The minimum atomic E-state index is -2.42. The third-order valence-corrected chi connectivity index (χ3v) is 11.5. The maximum absolute atomic E-state index is 12.3. The number of rotatable bonds is 4. The quantitative estimate of drug-likeness (QED) is 0.133. The second-order valence-corrected chi connectivity index (χ2v) is 20.5. The molecule has 8 nitrogen and oxygen atoms in total. The summed E-state index contributed by atoms with van der Waals surface area (Å²) < 4.78 is 37.5. The molecule has 2 aromatic carbocycles. The van der Waals surface area contributed by atoms with E-state index in [0.29, 0.717) is 16.7 Å². The molecule has 12 heteroatoms. The number of pyridine rings is 2. The predicted molar refractivity (Wildman–Crippen MR) is 200 cm³/mol. The van der Waals surface area contributed by atoms with Gasteiger partial charge in [0.1, 0.15) is 14.3 Å². The minimum absolute atomic E-state index is 0.388. The molecular weight excluding hydrogens is 681 g/mol. The summed E-state index contributed by atoms with van der Waals surface area (Å²) >= 11 is 3.28. The van der Waals surface area contributed by atoms with Crippen molar-refractivity contribution in [2.24, 2.45) is 0 Å². The van der Waals surface area contributed by atoms with Crippen LogP contribution in [0, 0.1) is 13.8 Å². The molecule has 0 unspecified atom stereocenters. The molecule has 0 bridgehead atoms. The monoisotopic (exact) mass is 726 g/mol. The van der Waals surface area contributed by atoms with Crippen LogP contribution in [-0.2, 0) is 18.4 Å². The van der Waals surface area contributed by atoms with Gasteiger partial charge in [-0.1, -0.05) is 18.2 Å². The molecule has 0 atom stereocenters. The predicted octanol–water partition coefficient (Wildman–Crippen LogP) is 6.86. The average molecular weight is 727 g/mol. The van der Waals surface area contributed by atoms with Crippen LogP contribution in [0.15, 0.2) is 77.5 Å². The third-order valence-electron chi connectivity index (χ3n) is 7.89. The third kappa shape index (κ3) is 9.89. The van der Waals surface area contributed by atoms with Crippen LogP contribution in [0.2, 0.25) is 0 Å². The molecule has 1 fully saturated rings. The summed E-state index contributed by atoms with van der Waals surface area (Å²) in [6, 6.07) is 19.0. The van der Waals surface area contributed by atoms with Gasteiger partial charge in [0.05, 0.1) is 11.2 Å². The van der Waals surface area contributed by atoms with E-state index in [1.807, 2.05) is 102 Å². The molecule has 0 amide bonds. The fraction of sp³-hybridized carbons (Fsp3) is 0.353. The summed E-state index contributed by atoms with van der Waals surface area (Å²) in [6.45, 7) is 18.8. The Morgan fingerprint density at radius 2 is 1.13 bits per heavy atom. The zero-order valence-electron chi connectivity index (χ0n) is 28.5. The van der Waals surface area contributed by atoms with E-state index in [4.69, 9.17) is 20.8 Å². The standard InChI is InChI=1S/C14H23BNO3P.C14H17N2OP.C6H6BrN/c1-13(2)14(3,4)19-15(18-13)10-7-8-11(16)12(9-10)20(5,6)17;1-10-4-5-12(9-16-10)11-6-7-13(15)14(8-11)18(2,3)17;1-5-2-3-6(7)4-8-5/h7-9H,16H2,1-6H3;4-9H,15H2,1-3H3;2-4H,1H3. The first kappa shape index (κ1) is 37.7. The van der Waals surface area contributed by atoms with Gasteiger partial charge >= 0.3 is 7.12 Å². The zero-order chi connectivity index (χ0) is 34.7. The SMILES string of the molecule is CC1(C)OB(c2ccc(N)c(P(C)(C)=O)c2)OC1(C)C.Cc1ccc(-c2ccc(N)c(P(C)(C)=O)c2)cn1.Cc1ccc(Br)cn1. The summed E-state index contributed by atoms with van der Waals surface area (Å²) in [5.74, 6) is 0. The Morgan fingerprint density at radius 3 is 1.57 bits per heavy atom. The van der Waals surface area contributed by atoms with Crippen LogP contribution in [0.5, 0.6) is 0 Å². The number of nitrogen functional groups attached to an aromatic ring is 2. The smallest absolute Gasteiger partial charge is 0.399 e. The van der Waals surface area contributed by atoms with Crippen LogP contribution >= 0.6 is 30.2 Å². The van der Waals surface area contributed by atoms with Gasteiger partial charge in [-0.25, -0.2) is 0 Å². The highest BCUT2D eigenvalue weighted by molar-refractivity contribution is 9.10. The molecular formula is C34H46BBrN4O4P2. The summed E-state index contributed by atoms with van der Waals surface area (Å²) in [4.78, 5) is 8.30. The van der Waals surface area contributed by atoms with Crippen LogP contribution in [0.25, 0.3) is 11.1 Å². The van der Waals surface area contributed by atoms with E-state index in [1.54, 1.807) is 38.9 Å². The summed E-state index contributed by atoms with van der Waals surface area (Å²) in [5.41, 5.74) is 17.1. The van der Waals surface area contributed by atoms with E-state index >= 15 is 0 Å². The zero-order valence-corrected chi connectivity index (χ0v) is 31.8. The van der Waals surface area contributed by atoms with Gasteiger partial charge in [0, 0.05) is 55.8 Å². The van der Waals surface area contributed by atoms with Gasteiger partial charge in [0.15, 0.2) is 0 Å². The number of halogens is 1. The highest BCUT2D eigenvalue weighted by Gasteiger charge is 2.51. The average Bonchev–Trinajstić information content (AvgIpc) is 3.17. The highest BCUT2D eigenvalue weighted by Crippen LogP contribution is 2.39. The summed E-state index contributed by atoms with van der Waals surface area (Å²) in [5, 5.41) is 1.42. The lowest BCUT2D eigenvalue weighted by molar-refractivity contribution is 0.00578. The lowest BCUT2D eigenvalue weighted by Crippen LogP contribution is -2.41.